The van der Waals surface area contributed by atoms with Gasteiger partial charge in [0.25, 0.3) is 11.7 Å². The van der Waals surface area contributed by atoms with Gasteiger partial charge in [0.15, 0.2) is 5.78 Å². The topological polar surface area (TPSA) is 242 Å². The number of methoxy groups -OCH3 is 2. The molecule has 2 aromatic rings. The maximum atomic E-state index is 14.7. The number of piperidine rings is 1. The minimum atomic E-state index is -2.49. The third-order valence-electron chi connectivity index (χ3n) is 17.2. The molecule has 4 aliphatic rings. The first-order valence-corrected chi connectivity index (χ1v) is 29.8. The van der Waals surface area contributed by atoms with Gasteiger partial charge >= 0.3 is 12.1 Å². The van der Waals surface area contributed by atoms with Crippen molar-refractivity contribution >= 4 is 35.3 Å². The highest BCUT2D eigenvalue weighted by molar-refractivity contribution is 6.39. The van der Waals surface area contributed by atoms with Crippen LogP contribution in [0.5, 0.6) is 0 Å². The summed E-state index contributed by atoms with van der Waals surface area (Å²) in [5, 5.41) is 26.7. The van der Waals surface area contributed by atoms with Crippen molar-refractivity contribution in [3.05, 3.63) is 102 Å². The number of nitrogens with zero attached hydrogens (tertiary/aromatic N) is 2. The van der Waals surface area contributed by atoms with E-state index in [-0.39, 0.29) is 49.2 Å². The third-order valence-corrected chi connectivity index (χ3v) is 17.2. The van der Waals surface area contributed by atoms with Crippen LogP contribution in [0.1, 0.15) is 137 Å². The summed E-state index contributed by atoms with van der Waals surface area (Å²) in [7, 11) is 2.95. The summed E-state index contributed by atoms with van der Waals surface area (Å²) in [6.45, 7) is 13.5. The second-order valence-corrected chi connectivity index (χ2v) is 23.6. The number of ketones is 3. The molecule has 0 spiro atoms. The number of allylic oxidation sites excluding steroid dienone is 6. The first kappa shape index (κ1) is 65.5. The molecule has 1 aliphatic carbocycles. The molecule has 1 saturated carbocycles. The molecule has 4 N–H and O–H groups in total. The van der Waals surface area contributed by atoms with Crippen LogP contribution in [-0.4, -0.2) is 149 Å². The molecule has 2 bridgehead atoms. The number of benzene rings is 1. The van der Waals surface area contributed by atoms with Gasteiger partial charge in [0.1, 0.15) is 36.2 Å². The Kier molecular flexibility index (Phi) is 25.5. The van der Waals surface area contributed by atoms with E-state index >= 15 is 0 Å². The van der Waals surface area contributed by atoms with Gasteiger partial charge in [-0.05, 0) is 119 Å². The summed E-state index contributed by atoms with van der Waals surface area (Å²) in [5.41, 5.74) is 3.16. The van der Waals surface area contributed by atoms with Crippen molar-refractivity contribution in [2.75, 3.05) is 33.9 Å². The van der Waals surface area contributed by atoms with Gasteiger partial charge in [-0.3, -0.25) is 19.2 Å². The number of aromatic amines is 1. The van der Waals surface area contributed by atoms with Gasteiger partial charge < -0.3 is 53.8 Å². The van der Waals surface area contributed by atoms with Crippen molar-refractivity contribution < 1.29 is 67.4 Å². The maximum absolute atomic E-state index is 14.7. The number of hydrogen-bond donors (Lipinski definition) is 4. The number of carbonyl (C=O) groups is 6. The van der Waals surface area contributed by atoms with Gasteiger partial charge in [-0.25, -0.2) is 14.6 Å². The van der Waals surface area contributed by atoms with Crippen molar-refractivity contribution in [1.29, 1.82) is 0 Å². The molecule has 1 aromatic carbocycles. The van der Waals surface area contributed by atoms with Gasteiger partial charge in [0.2, 0.25) is 5.79 Å². The van der Waals surface area contributed by atoms with E-state index in [9.17, 15) is 39.0 Å². The van der Waals surface area contributed by atoms with Crippen LogP contribution in [0.4, 0.5) is 4.79 Å². The predicted molar refractivity (Wildman–Crippen MR) is 309 cm³/mol. The number of imidazole rings is 1. The number of nitrogens with one attached hydrogen (secondary N) is 2. The number of Topliss-reactive ketones (excluding diaryl/α,β-unsaturated/α-hetero) is 3. The number of hydrogen-bond acceptors (Lipinski definition) is 15. The van der Waals surface area contributed by atoms with E-state index in [0.29, 0.717) is 89.4 Å². The maximum Gasteiger partial charge on any atom is 0.407 e. The Bertz CT molecular complexity index is 2530. The molecule has 452 valence electrons. The first-order valence-electron chi connectivity index (χ1n) is 29.8. The highest BCUT2D eigenvalue weighted by Crippen LogP contribution is 2.38. The molecule has 1 aromatic heterocycles. The average molecular weight is 1140 g/mol. The Morgan fingerprint density at radius 3 is 2.39 bits per heavy atom. The van der Waals surface area contributed by atoms with Crippen molar-refractivity contribution in [2.24, 2.45) is 35.5 Å². The number of cyclic esters (lactones) is 1. The van der Waals surface area contributed by atoms with Gasteiger partial charge in [-0.1, -0.05) is 101 Å². The van der Waals surface area contributed by atoms with Gasteiger partial charge in [-0.2, -0.15) is 0 Å². The number of ether oxygens (including phenoxy) is 6. The van der Waals surface area contributed by atoms with E-state index in [1.54, 1.807) is 46.5 Å². The zero-order valence-electron chi connectivity index (χ0n) is 49.8. The minimum Gasteiger partial charge on any atom is -0.460 e. The minimum absolute atomic E-state index is 0.0141. The smallest absolute Gasteiger partial charge is 0.407 e. The molecule has 15 atom stereocenters. The first-order chi connectivity index (χ1) is 39.2. The molecular formula is C64H92N4O14. The lowest BCUT2D eigenvalue weighted by Gasteiger charge is -2.43. The number of fused-ring (bicyclic) bond motifs is 3. The van der Waals surface area contributed by atoms with Crippen molar-refractivity contribution in [1.82, 2.24) is 20.2 Å². The van der Waals surface area contributed by atoms with Crippen LogP contribution in [0.3, 0.4) is 0 Å². The fraction of sp³-hybridized carbons (Fsp3) is 0.641. The van der Waals surface area contributed by atoms with Crippen LogP contribution in [0.2, 0.25) is 0 Å². The van der Waals surface area contributed by atoms with E-state index in [2.05, 4.69) is 15.3 Å². The number of esters is 1. The van der Waals surface area contributed by atoms with Gasteiger partial charge in [0, 0.05) is 70.5 Å². The van der Waals surface area contributed by atoms with Gasteiger partial charge in [0.05, 0.1) is 36.9 Å². The van der Waals surface area contributed by atoms with Crippen molar-refractivity contribution in [3.63, 3.8) is 0 Å². The Balaban J connectivity index is 1.26. The lowest BCUT2D eigenvalue weighted by Crippen LogP contribution is -2.61. The number of aliphatic hydroxyl groups excluding tert-OH is 1. The molecule has 3 aliphatic heterocycles. The molecule has 18 heteroatoms. The van der Waals surface area contributed by atoms with E-state index in [1.807, 2.05) is 88.4 Å². The van der Waals surface area contributed by atoms with E-state index in [0.717, 1.165) is 16.8 Å². The number of alkyl carbamates (subject to hydrolysis) is 1. The number of rotatable bonds is 13. The second kappa shape index (κ2) is 31.9. The van der Waals surface area contributed by atoms with E-state index in [4.69, 9.17) is 28.4 Å². The molecular weight excluding hydrogens is 1050 g/mol. The second-order valence-electron chi connectivity index (χ2n) is 23.6. The standard InChI is InChI=1S/C64H92N4O14/c1-40-18-12-10-13-19-41(2)54(79-31-28-47-20-14-11-15-21-47)36-50-25-23-46(7)64(76,82-50)60(72)61(73)68-30-17-16-22-51(68)62(74)80-55(37-52(69)42(3)33-45(6)58(71)59(78-9)57(70)44(5)32-40)43(4)34-48-24-26-53(56(35-48)77-8)81-63(75)66-29-27-49-38-65-39-67-49/h10-15,18-21,33,38-40,42-44,46,48,50-51,53-56,58-59,71,76H,16-17,22-32,34-37H2,1-9H3,(H,65,67)(H,66,75)/b13-10+,18-12+,41-19+,45-33+/t40-,42-,43-,44-,46-,48+,50+,51?,53-,54?,55+,56-,58-,59+,64-/m1/s1. The van der Waals surface area contributed by atoms with Crippen molar-refractivity contribution in [2.45, 2.75) is 193 Å². The lowest BCUT2D eigenvalue weighted by molar-refractivity contribution is -0.266. The van der Waals surface area contributed by atoms with Crippen LogP contribution in [-0.2, 0) is 65.2 Å². The number of amides is 2. The summed E-state index contributed by atoms with van der Waals surface area (Å²) >= 11 is 0. The largest absolute Gasteiger partial charge is 0.460 e. The highest BCUT2D eigenvalue weighted by atomic mass is 16.6. The van der Waals surface area contributed by atoms with Crippen LogP contribution in [0.25, 0.3) is 0 Å². The average Bonchev–Trinajstić information content (AvgIpc) is 4.08. The highest BCUT2D eigenvalue weighted by Gasteiger charge is 2.53. The molecule has 2 unspecified atom stereocenters. The zero-order valence-corrected chi connectivity index (χ0v) is 49.8. The van der Waals surface area contributed by atoms with E-state index in [1.165, 1.54) is 12.0 Å². The SMILES string of the molecule is CO[C@@H]1C[C@H](C[C@@H](C)[C@@H]2CC(=O)[C@H](C)/C=C(\C)[C@@H](O)[C@@H](OC)C(=O)[C@H](C)C[C@H](C)/C=C/C=C/C=C(\C)C(OCCc3ccccc3)C[C@@H]3CC[C@@H](C)[C@@](O)(O3)C(=O)C(=O)N3CCCCC3C(=O)O2)CC[C@H]1OC(=O)NCCc1c[nH]cn1. The molecule has 2 amide bonds. The molecule has 82 heavy (non-hydrogen) atoms. The normalized spacial score (nSPS) is 34.3. The van der Waals surface area contributed by atoms with Gasteiger partial charge in [-0.15, -0.1) is 0 Å². The molecule has 18 nitrogen and oxygen atoms in total. The van der Waals surface area contributed by atoms with Crippen LogP contribution in [0, 0.1) is 35.5 Å². The quantitative estimate of drug-likeness (QED) is 0.0835. The molecule has 4 heterocycles. The number of aromatic nitrogens is 2. The Morgan fingerprint density at radius 2 is 1.67 bits per heavy atom. The van der Waals surface area contributed by atoms with Crippen LogP contribution in [0.15, 0.2) is 90.5 Å². The fourth-order valence-corrected chi connectivity index (χ4v) is 12.0. The lowest BCUT2D eigenvalue weighted by atomic mass is 9.78. The molecule has 0 radical (unpaired) electrons. The molecule has 2 saturated heterocycles. The summed E-state index contributed by atoms with van der Waals surface area (Å²) in [6, 6.07) is 8.78. The number of H-pyrrole nitrogens is 1. The summed E-state index contributed by atoms with van der Waals surface area (Å²) in [4.78, 5) is 93.4. The monoisotopic (exact) mass is 1140 g/mol. The number of carbonyl (C=O) groups excluding carboxylic acids is 6. The Morgan fingerprint density at radius 1 is 0.902 bits per heavy atom. The molecule has 6 rings (SSSR count). The number of aliphatic hydroxyl groups is 2. The predicted octanol–water partition coefficient (Wildman–Crippen LogP) is 8.49. The zero-order chi connectivity index (χ0) is 59.5. The van der Waals surface area contributed by atoms with Crippen LogP contribution >= 0.6 is 0 Å². The Hall–Kier alpha value is -5.63. The summed E-state index contributed by atoms with van der Waals surface area (Å²) in [6.07, 6.45) is 14.5. The van der Waals surface area contributed by atoms with Crippen LogP contribution < -0.4 is 5.32 Å². The van der Waals surface area contributed by atoms with Crippen molar-refractivity contribution in [3.8, 4) is 0 Å². The third kappa shape index (κ3) is 18.4. The summed E-state index contributed by atoms with van der Waals surface area (Å²) in [5.74, 6) is -8.46. The molecule has 3 fully saturated rings. The Labute approximate surface area is 485 Å². The van der Waals surface area contributed by atoms with E-state index < -0.39 is 102 Å². The summed E-state index contributed by atoms with van der Waals surface area (Å²) < 4.78 is 36.6. The fourth-order valence-electron chi connectivity index (χ4n) is 12.0.